The summed E-state index contributed by atoms with van der Waals surface area (Å²) in [6.07, 6.45) is 0.801. The molecule has 5 heteroatoms. The first kappa shape index (κ1) is 12.8. The van der Waals surface area contributed by atoms with Gasteiger partial charge in [0.15, 0.2) is 0 Å². The van der Waals surface area contributed by atoms with Crippen LogP contribution in [0.5, 0.6) is 0 Å². The normalized spacial score (nSPS) is 13.5. The van der Waals surface area contributed by atoms with Gasteiger partial charge >= 0.3 is 8.80 Å². The standard InChI is InChI=1S/C8H19NO3Si/c1-6-8(9-7-2)13(10-3,11-4)12-5/h6-7H2,1-5H3. The molecule has 4 nitrogen and oxygen atoms in total. The van der Waals surface area contributed by atoms with E-state index in [2.05, 4.69) is 4.99 Å². The molecule has 0 aromatic heterocycles. The third-order valence-corrected chi connectivity index (χ3v) is 4.67. The first-order valence-corrected chi connectivity index (χ1v) is 6.12. The van der Waals surface area contributed by atoms with Crippen LogP contribution >= 0.6 is 0 Å². The van der Waals surface area contributed by atoms with E-state index in [1.165, 1.54) is 0 Å². The van der Waals surface area contributed by atoms with Gasteiger partial charge in [0.1, 0.15) is 0 Å². The lowest BCUT2D eigenvalue weighted by Gasteiger charge is -2.25. The SMILES string of the molecule is CCN=C(CC)[Si](OC)(OC)OC. The molecule has 0 amide bonds. The Morgan fingerprint density at radius 3 is 1.77 bits per heavy atom. The minimum atomic E-state index is -2.62. The molecule has 0 rings (SSSR count). The Labute approximate surface area is 81.3 Å². The molecule has 0 saturated carbocycles. The summed E-state index contributed by atoms with van der Waals surface area (Å²) >= 11 is 0. The number of nitrogens with zero attached hydrogens (tertiary/aromatic N) is 1. The summed E-state index contributed by atoms with van der Waals surface area (Å²) in [4.78, 5) is 4.33. The Hall–Kier alpha value is -0.233. The molecule has 0 saturated heterocycles. The Bertz CT molecular complexity index is 161. The van der Waals surface area contributed by atoms with E-state index >= 15 is 0 Å². The van der Waals surface area contributed by atoms with Gasteiger partial charge in [-0.2, -0.15) is 0 Å². The highest BCUT2D eigenvalue weighted by molar-refractivity contribution is 6.93. The van der Waals surface area contributed by atoms with Crippen molar-refractivity contribution in [1.82, 2.24) is 0 Å². The summed E-state index contributed by atoms with van der Waals surface area (Å²) in [7, 11) is 2.17. The summed E-state index contributed by atoms with van der Waals surface area (Å²) in [5.74, 6) is 0. The lowest BCUT2D eigenvalue weighted by Crippen LogP contribution is -2.51. The predicted octanol–water partition coefficient (Wildman–Crippen LogP) is 1.27. The average molecular weight is 205 g/mol. The van der Waals surface area contributed by atoms with E-state index in [0.717, 1.165) is 18.3 Å². The molecule has 13 heavy (non-hydrogen) atoms. The van der Waals surface area contributed by atoms with E-state index in [0.29, 0.717) is 0 Å². The average Bonchev–Trinajstić information content (AvgIpc) is 2.19. The molecule has 0 aromatic carbocycles. The van der Waals surface area contributed by atoms with Crippen molar-refractivity contribution in [1.29, 1.82) is 0 Å². The van der Waals surface area contributed by atoms with Gasteiger partial charge in [-0.05, 0) is 13.3 Å². The number of hydrogen-bond donors (Lipinski definition) is 0. The first-order valence-electron chi connectivity index (χ1n) is 4.39. The maximum absolute atomic E-state index is 5.31. The number of hydrogen-bond acceptors (Lipinski definition) is 4. The van der Waals surface area contributed by atoms with Crippen molar-refractivity contribution in [2.24, 2.45) is 4.99 Å². The van der Waals surface area contributed by atoms with E-state index in [4.69, 9.17) is 13.3 Å². The van der Waals surface area contributed by atoms with Crippen molar-refractivity contribution >= 4 is 14.1 Å². The van der Waals surface area contributed by atoms with Gasteiger partial charge in [-0.25, -0.2) is 0 Å². The van der Waals surface area contributed by atoms with Crippen molar-refractivity contribution in [2.75, 3.05) is 27.9 Å². The summed E-state index contributed by atoms with van der Waals surface area (Å²) in [5, 5.41) is 0.905. The summed E-state index contributed by atoms with van der Waals surface area (Å²) in [6, 6.07) is 0. The lowest BCUT2D eigenvalue weighted by atomic mass is 10.5. The second kappa shape index (κ2) is 6.26. The monoisotopic (exact) mass is 205 g/mol. The maximum Gasteiger partial charge on any atom is 0.550 e. The third kappa shape index (κ3) is 2.87. The highest BCUT2D eigenvalue weighted by Gasteiger charge is 2.43. The van der Waals surface area contributed by atoms with Crippen LogP contribution in [0.25, 0.3) is 0 Å². The molecule has 0 heterocycles. The highest BCUT2D eigenvalue weighted by Crippen LogP contribution is 2.11. The van der Waals surface area contributed by atoms with Gasteiger partial charge in [-0.1, -0.05) is 6.92 Å². The molecule has 0 unspecified atom stereocenters. The zero-order valence-electron chi connectivity index (χ0n) is 9.09. The van der Waals surface area contributed by atoms with E-state index in [9.17, 15) is 0 Å². The van der Waals surface area contributed by atoms with Crippen LogP contribution in [0.1, 0.15) is 20.3 Å². The van der Waals surface area contributed by atoms with E-state index in [1.54, 1.807) is 21.3 Å². The van der Waals surface area contributed by atoms with Crippen molar-refractivity contribution in [2.45, 2.75) is 20.3 Å². The van der Waals surface area contributed by atoms with Gasteiger partial charge in [0.2, 0.25) is 0 Å². The van der Waals surface area contributed by atoms with Crippen LogP contribution < -0.4 is 0 Å². The van der Waals surface area contributed by atoms with Gasteiger partial charge in [0.25, 0.3) is 0 Å². The van der Waals surface area contributed by atoms with Gasteiger partial charge in [-0.15, -0.1) is 0 Å². The maximum atomic E-state index is 5.31. The minimum absolute atomic E-state index is 0.730. The molecule has 0 atom stereocenters. The Kier molecular flexibility index (Phi) is 6.14. The molecule has 0 N–H and O–H groups in total. The Morgan fingerprint density at radius 2 is 1.54 bits per heavy atom. The van der Waals surface area contributed by atoms with E-state index in [-0.39, 0.29) is 0 Å². The zero-order chi connectivity index (χ0) is 10.3. The first-order chi connectivity index (χ1) is 6.20. The lowest BCUT2D eigenvalue weighted by molar-refractivity contribution is 0.144. The van der Waals surface area contributed by atoms with Crippen LogP contribution in [0.15, 0.2) is 4.99 Å². The van der Waals surface area contributed by atoms with Crippen LogP contribution in [0.3, 0.4) is 0 Å². The largest absolute Gasteiger partial charge is 0.550 e. The second-order valence-corrected chi connectivity index (χ2v) is 5.36. The quantitative estimate of drug-likeness (QED) is 0.484. The fourth-order valence-corrected chi connectivity index (χ4v) is 3.21. The Morgan fingerprint density at radius 1 is 1.08 bits per heavy atom. The molecule has 78 valence electrons. The molecule has 0 aliphatic heterocycles. The molecule has 0 radical (unpaired) electrons. The summed E-state index contributed by atoms with van der Waals surface area (Å²) in [5.41, 5.74) is 0. The molecule has 0 aliphatic rings. The topological polar surface area (TPSA) is 40.0 Å². The minimum Gasteiger partial charge on any atom is -0.373 e. The van der Waals surface area contributed by atoms with Crippen LogP contribution in [0.2, 0.25) is 0 Å². The molecular weight excluding hydrogens is 186 g/mol. The fourth-order valence-electron chi connectivity index (χ4n) is 1.22. The van der Waals surface area contributed by atoms with Crippen LogP contribution in [-0.2, 0) is 13.3 Å². The second-order valence-electron chi connectivity index (χ2n) is 2.44. The molecule has 0 spiro atoms. The third-order valence-electron chi connectivity index (χ3n) is 1.84. The number of aliphatic imine (C=N–C) groups is 1. The van der Waals surface area contributed by atoms with Gasteiger partial charge in [0.05, 0.1) is 5.33 Å². The van der Waals surface area contributed by atoms with Crippen molar-refractivity contribution in [3.63, 3.8) is 0 Å². The molecular formula is C8H19NO3Si. The number of rotatable bonds is 6. The smallest absolute Gasteiger partial charge is 0.373 e. The van der Waals surface area contributed by atoms with E-state index < -0.39 is 8.80 Å². The van der Waals surface area contributed by atoms with Crippen molar-refractivity contribution in [3.8, 4) is 0 Å². The van der Waals surface area contributed by atoms with E-state index in [1.807, 2.05) is 13.8 Å². The van der Waals surface area contributed by atoms with Crippen molar-refractivity contribution in [3.05, 3.63) is 0 Å². The van der Waals surface area contributed by atoms with Crippen LogP contribution in [0.4, 0.5) is 0 Å². The zero-order valence-corrected chi connectivity index (χ0v) is 10.1. The fraction of sp³-hybridized carbons (Fsp3) is 0.875. The van der Waals surface area contributed by atoms with Gasteiger partial charge in [0, 0.05) is 27.9 Å². The molecule has 0 bridgehead atoms. The van der Waals surface area contributed by atoms with Crippen LogP contribution in [-0.4, -0.2) is 42.0 Å². The van der Waals surface area contributed by atoms with Crippen LogP contribution in [0, 0.1) is 0 Å². The summed E-state index contributed by atoms with van der Waals surface area (Å²) in [6.45, 7) is 4.73. The van der Waals surface area contributed by atoms with Crippen molar-refractivity contribution < 1.29 is 13.3 Å². The van der Waals surface area contributed by atoms with Gasteiger partial charge in [-0.3, -0.25) is 4.99 Å². The molecule has 0 aliphatic carbocycles. The summed E-state index contributed by atoms with van der Waals surface area (Å²) < 4.78 is 15.9. The Balaban J connectivity index is 4.76. The molecule has 0 fully saturated rings. The highest BCUT2D eigenvalue weighted by atomic mass is 28.4. The molecule has 0 aromatic rings. The predicted molar refractivity (Wildman–Crippen MR) is 55.0 cm³/mol. The van der Waals surface area contributed by atoms with Gasteiger partial charge < -0.3 is 13.3 Å².